The van der Waals surface area contributed by atoms with Gasteiger partial charge >= 0.3 is 53.7 Å². The predicted octanol–water partition coefficient (Wildman–Crippen LogP) is 3.94. The number of carboxylic acid groups (broad SMARTS) is 1. The first kappa shape index (κ1) is 68.3. The second-order valence-corrected chi connectivity index (χ2v) is 18.0. The number of aromatic carboxylic acids is 1. The molecule has 0 amide bonds. The average molecular weight is 1160 g/mol. The number of aryl methyl sites for hydroxylation is 2. The van der Waals surface area contributed by atoms with Gasteiger partial charge in [0.15, 0.2) is 30.2 Å². The van der Waals surface area contributed by atoms with Crippen LogP contribution in [0.1, 0.15) is 100 Å². The summed E-state index contributed by atoms with van der Waals surface area (Å²) >= 11 is 0. The van der Waals surface area contributed by atoms with Crippen molar-refractivity contribution in [2.75, 3.05) is 59.4 Å². The Morgan fingerprint density at radius 2 is 0.866 bits per heavy atom. The summed E-state index contributed by atoms with van der Waals surface area (Å²) in [6.45, 7) is 14.0. The minimum atomic E-state index is -1.41. The molecular formula is C53H69N3O26. The van der Waals surface area contributed by atoms with Gasteiger partial charge in [-0.05, 0) is 73.3 Å². The van der Waals surface area contributed by atoms with Crippen molar-refractivity contribution in [1.29, 1.82) is 0 Å². The van der Waals surface area contributed by atoms with Crippen LogP contribution in [0.3, 0.4) is 0 Å². The molecule has 29 heteroatoms. The van der Waals surface area contributed by atoms with Gasteiger partial charge in [-0.3, -0.25) is 43.2 Å². The summed E-state index contributed by atoms with van der Waals surface area (Å²) in [6.07, 6.45) is -12.5. The highest BCUT2D eigenvalue weighted by Crippen LogP contribution is 2.34. The highest BCUT2D eigenvalue weighted by atomic mass is 16.7. The third-order valence-corrected chi connectivity index (χ3v) is 11.1. The third kappa shape index (κ3) is 24.0. The summed E-state index contributed by atoms with van der Waals surface area (Å²) in [5.74, 6) is -6.64. The van der Waals surface area contributed by atoms with Crippen molar-refractivity contribution < 1.29 is 124 Å². The van der Waals surface area contributed by atoms with Crippen LogP contribution >= 0.6 is 0 Å². The number of ether oxygens (including phenoxy) is 15. The number of hydrogen-bond acceptors (Lipinski definition) is 26. The molecule has 0 bridgehead atoms. The lowest BCUT2D eigenvalue weighted by Gasteiger charge is -2.44. The van der Waals surface area contributed by atoms with E-state index in [2.05, 4.69) is 10.0 Å². The standard InChI is InChI=1S/C31H43N3O14.C22H26O12/c1-19-17-24(25(39)7-6-11-40-13-15-42-16-14-41-12-10-33-34-32)8-9-26(19)47-31-30(46-23(5)38)29(45-22(4)37)28(44-21(3)36)27(48-31)18-43-20(2)35;1-10-8-15(21(27)28)6-7-16(10)33-22-20(32-14(5)26)19(31-13(4)25)18(30-12(3)24)17(34-22)9-29-11(2)23/h8-9,17,27-31H,6-7,10-16,18H2,1-5H3;6-8,17-20,22H,9H2,1-5H3,(H,27,28)/t27-,28+,29+,30+,31?;17-,18+,19+,20+,22?/m11/s1. The minimum absolute atomic E-state index is 0.0198. The predicted molar refractivity (Wildman–Crippen MR) is 275 cm³/mol. The van der Waals surface area contributed by atoms with E-state index < -0.39 is 128 Å². The Hall–Kier alpha value is -7.95. The van der Waals surface area contributed by atoms with E-state index in [4.69, 9.17) is 81.7 Å². The Labute approximate surface area is 471 Å². The molecule has 2 aromatic rings. The summed E-state index contributed by atoms with van der Waals surface area (Å²) in [6, 6.07) is 8.79. The fourth-order valence-corrected chi connectivity index (χ4v) is 7.86. The van der Waals surface area contributed by atoms with E-state index in [1.54, 1.807) is 32.0 Å². The molecule has 2 fully saturated rings. The maximum atomic E-state index is 12.8. The molecule has 0 aromatic heterocycles. The fraction of sp³-hybridized carbons (Fsp3) is 0.585. The first-order valence-corrected chi connectivity index (χ1v) is 25.5. The zero-order valence-corrected chi connectivity index (χ0v) is 47.0. The van der Waals surface area contributed by atoms with Crippen LogP contribution in [-0.2, 0) is 99.9 Å². The van der Waals surface area contributed by atoms with Crippen molar-refractivity contribution in [1.82, 2.24) is 0 Å². The largest absolute Gasteiger partial charge is 0.478 e. The number of nitrogens with zero attached hydrogens (tertiary/aromatic N) is 3. The van der Waals surface area contributed by atoms with Crippen LogP contribution in [0.15, 0.2) is 41.5 Å². The molecule has 452 valence electrons. The van der Waals surface area contributed by atoms with E-state index in [0.29, 0.717) is 62.8 Å². The van der Waals surface area contributed by atoms with E-state index in [1.807, 2.05) is 0 Å². The number of benzene rings is 2. The molecular weight excluding hydrogens is 1090 g/mol. The molecule has 10 atom stereocenters. The van der Waals surface area contributed by atoms with Crippen LogP contribution < -0.4 is 9.47 Å². The van der Waals surface area contributed by atoms with Crippen molar-refractivity contribution in [3.63, 3.8) is 0 Å². The zero-order valence-electron chi connectivity index (χ0n) is 47.0. The molecule has 0 aliphatic carbocycles. The Bertz CT molecular complexity index is 2590. The van der Waals surface area contributed by atoms with Crippen LogP contribution in [-0.4, -0.2) is 185 Å². The van der Waals surface area contributed by atoms with Gasteiger partial charge in [0.05, 0.1) is 38.6 Å². The molecule has 0 saturated carbocycles. The zero-order chi connectivity index (χ0) is 61.1. The average Bonchev–Trinajstić information content (AvgIpc) is 3.54. The van der Waals surface area contributed by atoms with Gasteiger partial charge in [-0.25, -0.2) is 4.79 Å². The lowest BCUT2D eigenvalue weighted by Crippen LogP contribution is -2.63. The number of ketones is 1. The van der Waals surface area contributed by atoms with E-state index >= 15 is 0 Å². The van der Waals surface area contributed by atoms with Crippen LogP contribution in [0, 0.1) is 13.8 Å². The molecule has 2 heterocycles. The number of rotatable bonds is 29. The molecule has 2 saturated heterocycles. The molecule has 2 aliphatic rings. The molecule has 82 heavy (non-hydrogen) atoms. The van der Waals surface area contributed by atoms with Crippen molar-refractivity contribution in [2.24, 2.45) is 5.11 Å². The van der Waals surface area contributed by atoms with E-state index in [-0.39, 0.29) is 35.8 Å². The van der Waals surface area contributed by atoms with E-state index in [1.165, 1.54) is 25.1 Å². The first-order valence-electron chi connectivity index (χ1n) is 25.5. The van der Waals surface area contributed by atoms with Gasteiger partial charge in [0.2, 0.25) is 24.8 Å². The summed E-state index contributed by atoms with van der Waals surface area (Å²) in [7, 11) is 0. The van der Waals surface area contributed by atoms with Gasteiger partial charge in [-0.1, -0.05) is 5.11 Å². The van der Waals surface area contributed by atoms with Crippen LogP contribution in [0.2, 0.25) is 0 Å². The number of azide groups is 1. The molecule has 2 aromatic carbocycles. The number of Topliss-reactive ketones (excluding diaryl/α,β-unsaturated/α-hetero) is 1. The molecule has 4 rings (SSSR count). The van der Waals surface area contributed by atoms with Gasteiger partial charge in [0.1, 0.15) is 36.9 Å². The van der Waals surface area contributed by atoms with Crippen molar-refractivity contribution in [3.05, 3.63) is 69.1 Å². The van der Waals surface area contributed by atoms with Gasteiger partial charge in [-0.15, -0.1) is 0 Å². The Kier molecular flexibility index (Phi) is 29.2. The van der Waals surface area contributed by atoms with Crippen LogP contribution in [0.5, 0.6) is 11.5 Å². The van der Waals surface area contributed by atoms with Gasteiger partial charge in [-0.2, -0.15) is 0 Å². The monoisotopic (exact) mass is 1160 g/mol. The quantitative estimate of drug-likeness (QED) is 0.0229. The Balaban J connectivity index is 0.000000456. The second-order valence-electron chi connectivity index (χ2n) is 18.0. The first-order chi connectivity index (χ1) is 38.8. The second kappa shape index (κ2) is 35.0. The molecule has 2 aliphatic heterocycles. The lowest BCUT2D eigenvalue weighted by atomic mass is 9.98. The molecule has 29 nitrogen and oxygen atoms in total. The molecule has 0 spiro atoms. The fourth-order valence-electron chi connectivity index (χ4n) is 7.86. The number of carboxylic acids is 1. The van der Waals surface area contributed by atoms with Gasteiger partial charge in [0.25, 0.3) is 0 Å². The topological polar surface area (TPSA) is 378 Å². The SMILES string of the molecule is CC(=O)OC[C@H]1OC(Oc2ccc(C(=O)CCCOCCOCCOCCN=[N+]=[N-])cc2C)[C@@H](OC(C)=O)[C@@H](OC(C)=O)[C@H]1OC(C)=O.CC(=O)OC[C@H]1OC(Oc2ccc(C(=O)O)cc2C)[C@@H](OC(C)=O)[C@@H](OC(C)=O)[C@H]1OC(C)=O. The Morgan fingerprint density at radius 3 is 1.24 bits per heavy atom. The summed E-state index contributed by atoms with van der Waals surface area (Å²) in [5, 5.41) is 12.5. The highest BCUT2D eigenvalue weighted by molar-refractivity contribution is 5.96. The maximum Gasteiger partial charge on any atom is 0.335 e. The minimum Gasteiger partial charge on any atom is -0.478 e. The highest BCUT2D eigenvalue weighted by Gasteiger charge is 2.55. The van der Waals surface area contributed by atoms with Gasteiger partial charge < -0.3 is 76.2 Å². The smallest absolute Gasteiger partial charge is 0.335 e. The summed E-state index contributed by atoms with van der Waals surface area (Å²) < 4.78 is 82.2. The summed E-state index contributed by atoms with van der Waals surface area (Å²) in [4.78, 5) is 121. The number of carbonyl (C=O) groups is 10. The Morgan fingerprint density at radius 1 is 0.500 bits per heavy atom. The number of carbonyl (C=O) groups excluding carboxylic acids is 9. The molecule has 0 radical (unpaired) electrons. The molecule has 2 unspecified atom stereocenters. The number of hydrogen-bond donors (Lipinski definition) is 1. The van der Waals surface area contributed by atoms with E-state index in [0.717, 1.165) is 48.5 Å². The normalized spacial score (nSPS) is 21.7. The van der Waals surface area contributed by atoms with Gasteiger partial charge in [0, 0.05) is 85.4 Å². The van der Waals surface area contributed by atoms with Crippen molar-refractivity contribution in [2.45, 2.75) is 143 Å². The maximum absolute atomic E-state index is 12.8. The third-order valence-electron chi connectivity index (χ3n) is 11.1. The summed E-state index contributed by atoms with van der Waals surface area (Å²) in [5.41, 5.74) is 9.61. The van der Waals surface area contributed by atoms with E-state index in [9.17, 15) is 47.9 Å². The number of esters is 8. The van der Waals surface area contributed by atoms with Crippen LogP contribution in [0.25, 0.3) is 10.4 Å². The van der Waals surface area contributed by atoms with Crippen molar-refractivity contribution in [3.8, 4) is 11.5 Å². The van der Waals surface area contributed by atoms with Crippen molar-refractivity contribution >= 4 is 59.5 Å². The lowest BCUT2D eigenvalue weighted by molar-refractivity contribution is -0.288. The molecule has 1 N–H and O–H groups in total. The van der Waals surface area contributed by atoms with Crippen LogP contribution in [0.4, 0.5) is 0 Å².